The zero-order valence-corrected chi connectivity index (χ0v) is 27.1. The fourth-order valence-corrected chi connectivity index (χ4v) is 11.2. The van der Waals surface area contributed by atoms with E-state index >= 15 is 0 Å². The molecule has 1 aromatic carbocycles. The SMILES string of the molecule is CC(C)CC(=O)/C=C(\O)CC(C)C.CC(C)c1cc2c3c(ncnc3c1)-c1[c-]c[se]c1[Si]2(C)C.[Ir]. The van der Waals surface area contributed by atoms with Gasteiger partial charge in [0.1, 0.15) is 0 Å². The number of fused-ring (bicyclic) bond motifs is 2. The molecule has 0 aliphatic carbocycles. The molecule has 1 aliphatic heterocycles. The molecule has 4 nitrogen and oxygen atoms in total. The second-order valence-electron chi connectivity index (χ2n) is 10.8. The van der Waals surface area contributed by atoms with Crippen molar-refractivity contribution in [2.45, 2.75) is 73.4 Å². The molecular formula is C28H37IrN2O2SeSi-. The Kier molecular flexibility index (Phi) is 10.5. The molecule has 1 aliphatic rings. The molecule has 0 amide bonds. The van der Waals surface area contributed by atoms with E-state index in [2.05, 4.69) is 60.0 Å². The number of hydrogen-bond acceptors (Lipinski definition) is 4. The number of allylic oxidation sites excluding steroid dienone is 2. The number of aliphatic hydroxyl groups is 1. The van der Waals surface area contributed by atoms with Crippen molar-refractivity contribution in [3.05, 3.63) is 46.9 Å². The predicted molar refractivity (Wildman–Crippen MR) is 146 cm³/mol. The van der Waals surface area contributed by atoms with Crippen LogP contribution < -0.4 is 9.25 Å². The maximum atomic E-state index is 11.2. The van der Waals surface area contributed by atoms with E-state index in [0.717, 1.165) is 11.2 Å². The van der Waals surface area contributed by atoms with Crippen LogP contribution in [0.15, 0.2) is 35.2 Å². The second-order valence-corrected chi connectivity index (χ2v) is 17.8. The number of ketones is 1. The van der Waals surface area contributed by atoms with Gasteiger partial charge in [0.05, 0.1) is 5.76 Å². The summed E-state index contributed by atoms with van der Waals surface area (Å²) in [7, 11) is -1.62. The zero-order valence-electron chi connectivity index (χ0n) is 22.0. The van der Waals surface area contributed by atoms with Gasteiger partial charge in [0, 0.05) is 39.0 Å². The second kappa shape index (κ2) is 12.3. The maximum Gasteiger partial charge on any atom is 0 e. The van der Waals surface area contributed by atoms with Gasteiger partial charge in [-0.25, -0.2) is 0 Å². The van der Waals surface area contributed by atoms with Crippen molar-refractivity contribution in [1.82, 2.24) is 9.97 Å². The number of hydrogen-bond donors (Lipinski definition) is 1. The summed E-state index contributed by atoms with van der Waals surface area (Å²) in [5.41, 5.74) is 4.90. The van der Waals surface area contributed by atoms with Crippen molar-refractivity contribution in [3.63, 3.8) is 0 Å². The molecule has 4 rings (SSSR count). The fraction of sp³-hybridized carbons (Fsp3) is 0.464. The van der Waals surface area contributed by atoms with Gasteiger partial charge in [-0.2, -0.15) is 0 Å². The maximum absolute atomic E-state index is 11.2. The van der Waals surface area contributed by atoms with Gasteiger partial charge < -0.3 is 5.11 Å². The summed E-state index contributed by atoms with van der Waals surface area (Å²) in [5, 5.41) is 12.2. The molecule has 191 valence electrons. The van der Waals surface area contributed by atoms with Gasteiger partial charge >= 0.3 is 132 Å². The smallest absolute Gasteiger partial charge is 0 e. The van der Waals surface area contributed by atoms with E-state index in [1.807, 2.05) is 27.7 Å². The van der Waals surface area contributed by atoms with E-state index in [-0.39, 0.29) is 31.6 Å². The number of benzene rings is 1. The minimum Gasteiger partial charge on any atom is 0 e. The summed E-state index contributed by atoms with van der Waals surface area (Å²) in [6.45, 7) is 17.5. The third-order valence-corrected chi connectivity index (χ3v) is 14.4. The van der Waals surface area contributed by atoms with Gasteiger partial charge in [0.2, 0.25) is 0 Å². The Morgan fingerprint density at radius 2 is 1.74 bits per heavy atom. The molecule has 0 atom stereocenters. The summed E-state index contributed by atoms with van der Waals surface area (Å²) in [6, 6.07) is 8.16. The fourth-order valence-electron chi connectivity index (χ4n) is 4.38. The van der Waals surface area contributed by atoms with Crippen molar-refractivity contribution >= 4 is 48.5 Å². The molecule has 3 heterocycles. The van der Waals surface area contributed by atoms with Crippen molar-refractivity contribution in [3.8, 4) is 11.3 Å². The molecule has 0 unspecified atom stereocenters. The largest absolute Gasteiger partial charge is 0 e. The number of carbonyl (C=O) groups excluding carboxylic acids is 1. The summed E-state index contributed by atoms with van der Waals surface area (Å²) in [5.74, 6) is 1.51. The van der Waals surface area contributed by atoms with Crippen molar-refractivity contribution in [2.75, 3.05) is 0 Å². The van der Waals surface area contributed by atoms with Gasteiger partial charge in [0.15, 0.2) is 5.78 Å². The standard InChI is InChI=1S/C17H17N2SeSi.C11H20O2.Ir/c1-10(2)11-7-13-15-14(8-11)21(3,4)17-12(5-6-20-17)16(15)19-9-18-13;1-8(2)5-10(12)7-11(13)6-9(3)4;/h6-10H,1-4H3;7-9,12H,5-6H2,1-4H3;/q-1;;/b;10-7-;. The molecule has 0 saturated heterocycles. The van der Waals surface area contributed by atoms with Crippen molar-refractivity contribution in [1.29, 1.82) is 0 Å². The van der Waals surface area contributed by atoms with Crippen LogP contribution in [0.25, 0.3) is 22.2 Å². The van der Waals surface area contributed by atoms with Crippen LogP contribution in [0.1, 0.15) is 65.9 Å². The van der Waals surface area contributed by atoms with Gasteiger partial charge in [-0.1, -0.05) is 27.7 Å². The Morgan fingerprint density at radius 1 is 1.09 bits per heavy atom. The molecule has 0 spiro atoms. The van der Waals surface area contributed by atoms with Gasteiger partial charge in [-0.15, -0.1) is 0 Å². The minimum absolute atomic E-state index is 0. The van der Waals surface area contributed by atoms with E-state index in [0.29, 0.717) is 45.1 Å². The average Bonchev–Trinajstić information content (AvgIpc) is 3.22. The van der Waals surface area contributed by atoms with Gasteiger partial charge in [0.25, 0.3) is 0 Å². The van der Waals surface area contributed by atoms with Crippen LogP contribution in [0.4, 0.5) is 0 Å². The molecule has 0 saturated carbocycles. The van der Waals surface area contributed by atoms with Crippen LogP contribution in [0.5, 0.6) is 0 Å². The average molecular weight is 733 g/mol. The van der Waals surface area contributed by atoms with E-state index in [9.17, 15) is 9.90 Å². The molecule has 1 N–H and O–H groups in total. The first-order chi connectivity index (χ1) is 15.9. The molecule has 7 heteroatoms. The van der Waals surface area contributed by atoms with Crippen LogP contribution in [0, 0.1) is 17.9 Å². The Hall–Kier alpha value is -1.36. The molecule has 0 bridgehead atoms. The summed E-state index contributed by atoms with van der Waals surface area (Å²) in [4.78, 5) is 22.6. The summed E-state index contributed by atoms with van der Waals surface area (Å²) < 4.78 is 1.64. The molecule has 1 radical (unpaired) electrons. The number of nitrogens with zero attached hydrogens (tertiary/aromatic N) is 2. The Morgan fingerprint density at radius 3 is 2.34 bits per heavy atom. The number of rotatable bonds is 6. The predicted octanol–water partition coefficient (Wildman–Crippen LogP) is 5.50. The van der Waals surface area contributed by atoms with Crippen LogP contribution in [0.3, 0.4) is 0 Å². The molecule has 0 fully saturated rings. The summed E-state index contributed by atoms with van der Waals surface area (Å²) in [6.07, 6.45) is 4.18. The molecular weight excluding hydrogens is 696 g/mol. The number of aromatic nitrogens is 2. The van der Waals surface area contributed by atoms with Crippen molar-refractivity contribution in [2.24, 2.45) is 11.8 Å². The van der Waals surface area contributed by atoms with E-state index < -0.39 is 8.07 Å². The topological polar surface area (TPSA) is 63.1 Å². The first-order valence-corrected chi connectivity index (χ1v) is 17.0. The van der Waals surface area contributed by atoms with Crippen LogP contribution in [-0.4, -0.2) is 43.4 Å². The Bertz CT molecular complexity index is 1210. The van der Waals surface area contributed by atoms with E-state index in [1.165, 1.54) is 27.8 Å². The number of carbonyl (C=O) groups is 1. The van der Waals surface area contributed by atoms with Crippen LogP contribution >= 0.6 is 0 Å². The minimum atomic E-state index is -1.62. The first-order valence-electron chi connectivity index (χ1n) is 12.1. The van der Waals surface area contributed by atoms with Crippen LogP contribution in [0.2, 0.25) is 13.1 Å². The third-order valence-electron chi connectivity index (χ3n) is 6.07. The third kappa shape index (κ3) is 6.90. The van der Waals surface area contributed by atoms with Crippen molar-refractivity contribution < 1.29 is 30.0 Å². The first kappa shape index (κ1) is 29.9. The van der Waals surface area contributed by atoms with E-state index in [1.54, 1.807) is 10.4 Å². The Labute approximate surface area is 230 Å². The zero-order chi connectivity index (χ0) is 25.2. The summed E-state index contributed by atoms with van der Waals surface area (Å²) >= 11 is 0.452. The molecule has 2 aromatic heterocycles. The monoisotopic (exact) mass is 734 g/mol. The number of aliphatic hydroxyl groups excluding tert-OH is 1. The quantitative estimate of drug-likeness (QED) is 0.158. The normalized spacial score (nSPS) is 14.0. The molecule has 3 aromatic rings. The van der Waals surface area contributed by atoms with Gasteiger partial charge in [-0.05, 0) is 11.8 Å². The Balaban J connectivity index is 0.000000271. The molecule has 35 heavy (non-hydrogen) atoms. The van der Waals surface area contributed by atoms with Crippen LogP contribution in [-0.2, 0) is 24.9 Å². The van der Waals surface area contributed by atoms with Gasteiger partial charge in [-0.3, -0.25) is 4.79 Å². The van der Waals surface area contributed by atoms with E-state index in [4.69, 9.17) is 0 Å².